The number of hydrogen-bond acceptors (Lipinski definition) is 2. The highest BCUT2D eigenvalue weighted by Gasteiger charge is 2.35. The van der Waals surface area contributed by atoms with Crippen LogP contribution in [0.25, 0.3) is 0 Å². The van der Waals surface area contributed by atoms with E-state index >= 15 is 0 Å². The van der Waals surface area contributed by atoms with Crippen LogP contribution in [0.15, 0.2) is 18.2 Å². The Balaban J connectivity index is 1.32. The molecule has 202 valence electrons. The van der Waals surface area contributed by atoms with Crippen LogP contribution in [0.3, 0.4) is 0 Å². The zero-order valence-corrected chi connectivity index (χ0v) is 21.2. The van der Waals surface area contributed by atoms with Crippen LogP contribution in [0.5, 0.6) is 0 Å². The van der Waals surface area contributed by atoms with Crippen LogP contribution in [0.4, 0.5) is 26.3 Å². The number of rotatable bonds is 15. The fraction of sp³-hybridized carbons (Fsp3) is 0.667. The summed E-state index contributed by atoms with van der Waals surface area (Å²) in [5, 5.41) is 3.57. The number of nitrogens with zero attached hydrogens (tertiary/aromatic N) is 3. The van der Waals surface area contributed by atoms with E-state index in [0.717, 1.165) is 74.6 Å². The molecular formula is C27H37F6N3. The molecule has 0 bridgehead atoms. The molecule has 3 rings (SSSR count). The van der Waals surface area contributed by atoms with E-state index in [4.69, 9.17) is 0 Å². The second-order valence-electron chi connectivity index (χ2n) is 10.0. The minimum Gasteiger partial charge on any atom is -0.296 e. The molecule has 1 saturated carbocycles. The molecular weight excluding hydrogens is 480 g/mol. The van der Waals surface area contributed by atoms with Crippen LogP contribution < -0.4 is 0 Å². The number of aromatic nitrogens is 2. The van der Waals surface area contributed by atoms with Gasteiger partial charge in [-0.25, -0.2) is 13.5 Å². The van der Waals surface area contributed by atoms with Gasteiger partial charge < -0.3 is 0 Å². The van der Waals surface area contributed by atoms with Crippen molar-refractivity contribution in [3.8, 4) is 0 Å². The van der Waals surface area contributed by atoms with Gasteiger partial charge in [0.25, 0.3) is 6.43 Å². The lowest BCUT2D eigenvalue weighted by Gasteiger charge is -2.24. The molecule has 9 heteroatoms. The van der Waals surface area contributed by atoms with Gasteiger partial charge in [0.15, 0.2) is 0 Å². The van der Waals surface area contributed by atoms with E-state index in [2.05, 4.69) is 10.00 Å². The van der Waals surface area contributed by atoms with E-state index in [1.54, 1.807) is 6.07 Å². The number of halogens is 6. The highest BCUT2D eigenvalue weighted by molar-refractivity contribution is 5.33. The van der Waals surface area contributed by atoms with Crippen molar-refractivity contribution in [2.45, 2.75) is 103 Å². The summed E-state index contributed by atoms with van der Waals surface area (Å²) >= 11 is 0. The van der Waals surface area contributed by atoms with Crippen molar-refractivity contribution in [2.75, 3.05) is 6.54 Å². The molecule has 0 saturated heterocycles. The molecule has 0 N–H and O–H groups in total. The summed E-state index contributed by atoms with van der Waals surface area (Å²) in [5.41, 5.74) is 0.249. The smallest absolute Gasteiger partial charge is 0.296 e. The SMILES string of the molecule is Cc1ccc(C(F)(F)F)c(CN(CCCCCCCCCCc2c(C(F)F)nn(C)c2F)C2CC2)c1. The Labute approximate surface area is 209 Å². The molecule has 2 aromatic rings. The van der Waals surface area contributed by atoms with Crippen LogP contribution in [0, 0.1) is 12.9 Å². The molecule has 1 aliphatic carbocycles. The summed E-state index contributed by atoms with van der Waals surface area (Å²) in [6.07, 6.45) is 2.87. The summed E-state index contributed by atoms with van der Waals surface area (Å²) < 4.78 is 81.1. The van der Waals surface area contributed by atoms with Crippen molar-refractivity contribution in [2.24, 2.45) is 7.05 Å². The molecule has 36 heavy (non-hydrogen) atoms. The first kappa shape index (κ1) is 28.5. The molecule has 0 spiro atoms. The Morgan fingerprint density at radius 1 is 1.00 bits per heavy atom. The zero-order valence-electron chi connectivity index (χ0n) is 21.2. The highest BCUT2D eigenvalue weighted by Crippen LogP contribution is 2.35. The molecule has 3 nitrogen and oxygen atoms in total. The molecule has 1 aromatic heterocycles. The first-order valence-electron chi connectivity index (χ1n) is 13.0. The lowest BCUT2D eigenvalue weighted by atomic mass is 10.0. The van der Waals surface area contributed by atoms with Gasteiger partial charge in [-0.1, -0.05) is 56.2 Å². The number of unbranched alkanes of at least 4 members (excludes halogenated alkanes) is 7. The summed E-state index contributed by atoms with van der Waals surface area (Å²) in [6, 6.07) is 4.77. The van der Waals surface area contributed by atoms with Gasteiger partial charge in [-0.05, 0) is 57.2 Å². The van der Waals surface area contributed by atoms with Crippen molar-refractivity contribution in [3.05, 3.63) is 52.1 Å². The van der Waals surface area contributed by atoms with Gasteiger partial charge in [0.2, 0.25) is 5.95 Å². The maximum atomic E-state index is 14.0. The molecule has 1 aliphatic rings. The molecule has 0 unspecified atom stereocenters. The molecule has 1 heterocycles. The van der Waals surface area contributed by atoms with Gasteiger partial charge in [-0.3, -0.25) is 4.90 Å². The predicted molar refractivity (Wildman–Crippen MR) is 128 cm³/mol. The minimum absolute atomic E-state index is 0.0285. The molecule has 0 atom stereocenters. The zero-order chi connectivity index (χ0) is 26.3. The van der Waals surface area contributed by atoms with Gasteiger partial charge >= 0.3 is 6.18 Å². The van der Waals surface area contributed by atoms with E-state index in [9.17, 15) is 26.3 Å². The third-order valence-electron chi connectivity index (χ3n) is 6.93. The normalized spacial score (nSPS) is 14.4. The van der Waals surface area contributed by atoms with E-state index in [-0.39, 0.29) is 12.0 Å². The van der Waals surface area contributed by atoms with Gasteiger partial charge in [0.1, 0.15) is 5.69 Å². The Kier molecular flexibility index (Phi) is 10.3. The van der Waals surface area contributed by atoms with E-state index < -0.39 is 29.8 Å². The Hall–Kier alpha value is -2.03. The van der Waals surface area contributed by atoms with Gasteiger partial charge in [-0.2, -0.15) is 22.7 Å². The molecule has 0 aliphatic heterocycles. The quantitative estimate of drug-likeness (QED) is 0.176. The fourth-order valence-corrected chi connectivity index (χ4v) is 4.83. The maximum absolute atomic E-state index is 14.0. The lowest BCUT2D eigenvalue weighted by Crippen LogP contribution is -2.28. The van der Waals surface area contributed by atoms with E-state index in [1.807, 2.05) is 6.92 Å². The number of aryl methyl sites for hydroxylation is 2. The first-order chi connectivity index (χ1) is 17.1. The second-order valence-corrected chi connectivity index (χ2v) is 10.0. The van der Waals surface area contributed by atoms with Gasteiger partial charge in [0.05, 0.1) is 5.56 Å². The summed E-state index contributed by atoms with van der Waals surface area (Å²) in [4.78, 5) is 2.20. The Bertz CT molecular complexity index is 965. The third kappa shape index (κ3) is 8.25. The summed E-state index contributed by atoms with van der Waals surface area (Å²) in [5.74, 6) is -0.678. The van der Waals surface area contributed by atoms with Crippen LogP contribution in [0.2, 0.25) is 0 Å². The lowest BCUT2D eigenvalue weighted by molar-refractivity contribution is -0.138. The molecule has 0 amide bonds. The van der Waals surface area contributed by atoms with Gasteiger partial charge in [0, 0.05) is 25.2 Å². The van der Waals surface area contributed by atoms with Crippen molar-refractivity contribution in [1.29, 1.82) is 0 Å². The standard InChI is InChI=1S/C27H37F6N3/c1-19-12-15-23(27(31,32)33)20(17-19)18-36(21-13-14-21)16-10-8-6-4-3-5-7-9-11-22-24(25(28)29)34-35(2)26(22)30/h12,15,17,21,25H,3-11,13-14,16,18H2,1-2H3. The fourth-order valence-electron chi connectivity index (χ4n) is 4.83. The van der Waals surface area contributed by atoms with Crippen LogP contribution >= 0.6 is 0 Å². The highest BCUT2D eigenvalue weighted by atomic mass is 19.4. The summed E-state index contributed by atoms with van der Waals surface area (Å²) in [7, 11) is 1.33. The second kappa shape index (κ2) is 13.0. The number of hydrogen-bond donors (Lipinski definition) is 0. The number of alkyl halides is 5. The van der Waals surface area contributed by atoms with Crippen LogP contribution in [0.1, 0.15) is 98.6 Å². The maximum Gasteiger partial charge on any atom is 0.416 e. The summed E-state index contributed by atoms with van der Waals surface area (Å²) in [6.45, 7) is 2.97. The van der Waals surface area contributed by atoms with Crippen molar-refractivity contribution in [1.82, 2.24) is 14.7 Å². The van der Waals surface area contributed by atoms with Crippen molar-refractivity contribution < 1.29 is 26.3 Å². The molecule has 1 fully saturated rings. The van der Waals surface area contributed by atoms with Gasteiger partial charge in [-0.15, -0.1) is 0 Å². The molecule has 0 radical (unpaired) electrons. The Morgan fingerprint density at radius 2 is 1.61 bits per heavy atom. The largest absolute Gasteiger partial charge is 0.416 e. The number of benzene rings is 1. The van der Waals surface area contributed by atoms with E-state index in [0.29, 0.717) is 24.6 Å². The van der Waals surface area contributed by atoms with Crippen LogP contribution in [-0.2, 0) is 26.2 Å². The average Bonchev–Trinajstić information content (AvgIpc) is 3.60. The van der Waals surface area contributed by atoms with Crippen molar-refractivity contribution >= 4 is 0 Å². The topological polar surface area (TPSA) is 21.1 Å². The predicted octanol–water partition coefficient (Wildman–Crippen LogP) is 8.15. The van der Waals surface area contributed by atoms with Crippen molar-refractivity contribution in [3.63, 3.8) is 0 Å². The van der Waals surface area contributed by atoms with E-state index in [1.165, 1.54) is 19.2 Å². The monoisotopic (exact) mass is 517 g/mol. The molecule has 1 aromatic carbocycles. The Morgan fingerprint density at radius 3 is 2.19 bits per heavy atom. The average molecular weight is 518 g/mol. The first-order valence-corrected chi connectivity index (χ1v) is 13.0. The van der Waals surface area contributed by atoms with Crippen LogP contribution in [-0.4, -0.2) is 27.3 Å². The minimum atomic E-state index is -4.34. The third-order valence-corrected chi connectivity index (χ3v) is 6.93.